The second-order valence-electron chi connectivity index (χ2n) is 5.53. The molecule has 1 saturated heterocycles. The van der Waals surface area contributed by atoms with Crippen molar-refractivity contribution in [3.8, 4) is 11.5 Å². The van der Waals surface area contributed by atoms with Gasteiger partial charge in [-0.2, -0.15) is 0 Å². The van der Waals surface area contributed by atoms with E-state index in [4.69, 9.17) is 21.7 Å². The van der Waals surface area contributed by atoms with E-state index < -0.39 is 0 Å². The Morgan fingerprint density at radius 3 is 2.64 bits per heavy atom. The summed E-state index contributed by atoms with van der Waals surface area (Å²) in [5, 5.41) is 0. The van der Waals surface area contributed by atoms with Crippen LogP contribution in [0.25, 0.3) is 6.08 Å². The predicted octanol–water partition coefficient (Wildman–Crippen LogP) is 5.25. The first kappa shape index (κ1) is 20.3. The van der Waals surface area contributed by atoms with E-state index in [1.54, 1.807) is 4.90 Å². The summed E-state index contributed by atoms with van der Waals surface area (Å²) in [5.74, 6) is 1.30. The molecule has 2 rings (SSSR count). The Morgan fingerprint density at radius 2 is 2.08 bits per heavy atom. The Bertz CT molecular complexity index is 706. The number of rotatable bonds is 7. The number of ether oxygens (including phenoxy) is 2. The quantitative estimate of drug-likeness (QED) is 0.425. The maximum absolute atomic E-state index is 12.4. The fraction of sp³-hybridized carbons (Fsp3) is 0.444. The highest BCUT2D eigenvalue weighted by Crippen LogP contribution is 2.40. The molecule has 0 unspecified atom stereocenters. The zero-order chi connectivity index (χ0) is 18.6. The Balaban J connectivity index is 2.38. The molecule has 4 nitrogen and oxygen atoms in total. The van der Waals surface area contributed by atoms with Crippen molar-refractivity contribution in [1.29, 1.82) is 0 Å². The van der Waals surface area contributed by atoms with E-state index in [-0.39, 0.29) is 12.0 Å². The lowest BCUT2D eigenvalue weighted by molar-refractivity contribution is -0.121. The monoisotopic (exact) mass is 443 g/mol. The molecule has 7 heteroatoms. The largest absolute Gasteiger partial charge is 0.490 e. The van der Waals surface area contributed by atoms with Crippen LogP contribution < -0.4 is 9.47 Å². The van der Waals surface area contributed by atoms with Crippen molar-refractivity contribution in [3.05, 3.63) is 27.1 Å². The zero-order valence-corrected chi connectivity index (χ0v) is 18.0. The van der Waals surface area contributed by atoms with Crippen LogP contribution in [0.3, 0.4) is 0 Å². The number of carbonyl (C=O) groups excluding carboxylic acids is 1. The Labute approximate surface area is 167 Å². The molecule has 1 heterocycles. The van der Waals surface area contributed by atoms with Crippen LogP contribution in [0, 0.1) is 0 Å². The van der Waals surface area contributed by atoms with Crippen molar-refractivity contribution < 1.29 is 14.3 Å². The van der Waals surface area contributed by atoms with Crippen LogP contribution in [0.5, 0.6) is 11.5 Å². The smallest absolute Gasteiger partial charge is 0.266 e. The molecule has 0 aliphatic carbocycles. The van der Waals surface area contributed by atoms with E-state index in [1.807, 2.05) is 39.0 Å². The second kappa shape index (κ2) is 9.05. The van der Waals surface area contributed by atoms with Crippen LogP contribution in [0.15, 0.2) is 21.5 Å². The first-order valence-corrected chi connectivity index (χ1v) is 10.3. The minimum Gasteiger partial charge on any atom is -0.490 e. The second-order valence-corrected chi connectivity index (χ2v) is 8.06. The summed E-state index contributed by atoms with van der Waals surface area (Å²) in [6.07, 6.45) is 2.83. The molecule has 0 spiro atoms. The Kier molecular flexibility index (Phi) is 7.34. The summed E-state index contributed by atoms with van der Waals surface area (Å²) in [4.78, 5) is 14.6. The number of hydrogen-bond donors (Lipinski definition) is 0. The molecule has 1 aliphatic rings. The number of amides is 1. The summed E-state index contributed by atoms with van der Waals surface area (Å²) < 4.78 is 13.1. The summed E-state index contributed by atoms with van der Waals surface area (Å²) in [6.45, 7) is 9.05. The summed E-state index contributed by atoms with van der Waals surface area (Å²) in [7, 11) is 0. The van der Waals surface area contributed by atoms with Gasteiger partial charge in [-0.3, -0.25) is 9.69 Å². The molecule has 0 saturated carbocycles. The molecule has 1 aromatic rings. The average molecular weight is 444 g/mol. The SMILES string of the molecule is CCOc1cc(/C=C2\SC(=S)N(CC)C2=O)cc(Br)c1O[C@H](C)CC. The molecule has 1 atom stereocenters. The maximum Gasteiger partial charge on any atom is 0.266 e. The van der Waals surface area contributed by atoms with Gasteiger partial charge in [0.2, 0.25) is 0 Å². The molecule has 0 radical (unpaired) electrons. The molecule has 0 bridgehead atoms. The van der Waals surface area contributed by atoms with Gasteiger partial charge in [-0.15, -0.1) is 0 Å². The van der Waals surface area contributed by atoms with Crippen LogP contribution in [0.1, 0.15) is 39.7 Å². The highest BCUT2D eigenvalue weighted by molar-refractivity contribution is 9.10. The lowest BCUT2D eigenvalue weighted by atomic mass is 10.1. The molecule has 136 valence electrons. The first-order chi connectivity index (χ1) is 11.9. The van der Waals surface area contributed by atoms with Gasteiger partial charge in [0.05, 0.1) is 22.1 Å². The van der Waals surface area contributed by atoms with Crippen LogP contribution >= 0.6 is 39.9 Å². The summed E-state index contributed by atoms with van der Waals surface area (Å²) >= 11 is 10.1. The normalized spacial score (nSPS) is 17.3. The lowest BCUT2D eigenvalue weighted by Crippen LogP contribution is -2.27. The Hall–Kier alpha value is -1.05. The van der Waals surface area contributed by atoms with Gasteiger partial charge >= 0.3 is 0 Å². The molecule has 0 aromatic heterocycles. The molecule has 25 heavy (non-hydrogen) atoms. The molecule has 1 amide bonds. The molecule has 0 N–H and O–H groups in total. The molecule has 1 aliphatic heterocycles. The number of thiocarbonyl (C=S) groups is 1. The minimum absolute atomic E-state index is 0.0495. The van der Waals surface area contributed by atoms with Crippen molar-refractivity contribution in [2.24, 2.45) is 0 Å². The van der Waals surface area contributed by atoms with E-state index in [2.05, 4.69) is 22.9 Å². The highest BCUT2D eigenvalue weighted by atomic mass is 79.9. The van der Waals surface area contributed by atoms with Gasteiger partial charge in [0.1, 0.15) is 4.32 Å². The van der Waals surface area contributed by atoms with E-state index >= 15 is 0 Å². The zero-order valence-electron chi connectivity index (χ0n) is 14.8. The van der Waals surface area contributed by atoms with Crippen LogP contribution in [-0.2, 0) is 4.79 Å². The van der Waals surface area contributed by atoms with Crippen LogP contribution in [0.2, 0.25) is 0 Å². The number of halogens is 1. The van der Waals surface area contributed by atoms with Gasteiger partial charge in [-0.05, 0) is 66.9 Å². The fourth-order valence-electron chi connectivity index (χ4n) is 2.26. The van der Waals surface area contributed by atoms with E-state index in [0.29, 0.717) is 33.9 Å². The third-order valence-electron chi connectivity index (χ3n) is 3.71. The predicted molar refractivity (Wildman–Crippen MR) is 111 cm³/mol. The fourth-order valence-corrected chi connectivity index (χ4v) is 4.19. The first-order valence-electron chi connectivity index (χ1n) is 8.29. The topological polar surface area (TPSA) is 38.8 Å². The van der Waals surface area contributed by atoms with Gasteiger partial charge in [-0.1, -0.05) is 30.9 Å². The summed E-state index contributed by atoms with van der Waals surface area (Å²) in [5.41, 5.74) is 0.864. The number of thioether (sulfide) groups is 1. The van der Waals surface area contributed by atoms with Crippen LogP contribution in [0.4, 0.5) is 0 Å². The number of likely N-dealkylation sites (N-methyl/N-ethyl adjacent to an activating group) is 1. The van der Waals surface area contributed by atoms with Gasteiger partial charge in [0.15, 0.2) is 11.5 Å². The third kappa shape index (κ3) is 4.77. The third-order valence-corrected chi connectivity index (χ3v) is 5.68. The summed E-state index contributed by atoms with van der Waals surface area (Å²) in [6, 6.07) is 3.82. The van der Waals surface area contributed by atoms with Gasteiger partial charge in [0, 0.05) is 6.54 Å². The van der Waals surface area contributed by atoms with Crippen molar-refractivity contribution in [3.63, 3.8) is 0 Å². The van der Waals surface area contributed by atoms with Crippen LogP contribution in [-0.4, -0.2) is 34.4 Å². The number of nitrogens with zero attached hydrogens (tertiary/aromatic N) is 1. The van der Waals surface area contributed by atoms with Crippen molar-refractivity contribution in [2.45, 2.75) is 40.2 Å². The van der Waals surface area contributed by atoms with Gasteiger partial charge in [-0.25, -0.2) is 0 Å². The Morgan fingerprint density at radius 1 is 1.36 bits per heavy atom. The highest BCUT2D eigenvalue weighted by Gasteiger charge is 2.30. The molecular weight excluding hydrogens is 422 g/mol. The number of hydrogen-bond acceptors (Lipinski definition) is 5. The number of carbonyl (C=O) groups is 1. The molecular formula is C18H22BrNO3S2. The van der Waals surface area contributed by atoms with Gasteiger partial charge < -0.3 is 9.47 Å². The van der Waals surface area contributed by atoms with Crippen molar-refractivity contribution in [1.82, 2.24) is 4.90 Å². The van der Waals surface area contributed by atoms with Crippen molar-refractivity contribution >= 4 is 56.2 Å². The molecule has 1 aromatic carbocycles. The standard InChI is InChI=1S/C18H22BrNO3S2/c1-5-11(4)23-16-13(19)8-12(9-14(16)22-7-3)10-15-17(21)20(6-2)18(24)25-15/h8-11H,5-7H2,1-4H3/b15-10-/t11-/m1/s1. The lowest BCUT2D eigenvalue weighted by Gasteiger charge is -2.18. The van der Waals surface area contributed by atoms with Crippen molar-refractivity contribution in [2.75, 3.05) is 13.2 Å². The molecule has 1 fully saturated rings. The number of benzene rings is 1. The van der Waals surface area contributed by atoms with Gasteiger partial charge in [0.25, 0.3) is 5.91 Å². The van der Waals surface area contributed by atoms with E-state index in [1.165, 1.54) is 11.8 Å². The average Bonchev–Trinajstić information content (AvgIpc) is 2.84. The van der Waals surface area contributed by atoms with E-state index in [0.717, 1.165) is 16.5 Å². The minimum atomic E-state index is -0.0495. The maximum atomic E-state index is 12.4. The van der Waals surface area contributed by atoms with E-state index in [9.17, 15) is 4.79 Å².